The molecule has 2 aliphatic heterocycles. The van der Waals surface area contributed by atoms with Crippen molar-refractivity contribution in [2.45, 2.75) is 0 Å². The molecule has 84 heavy (non-hydrogen) atoms. The fourth-order valence-electron chi connectivity index (χ4n) is 12.9. The van der Waals surface area contributed by atoms with Crippen molar-refractivity contribution in [2.24, 2.45) is 0 Å². The molecule has 6 heteroatoms. The molecule has 0 radical (unpaired) electrons. The predicted octanol–water partition coefficient (Wildman–Crippen LogP) is 10.7. The summed E-state index contributed by atoms with van der Waals surface area (Å²) < 4.78 is 0. The van der Waals surface area contributed by atoms with Gasteiger partial charge in [0.15, 0.2) is 16.1 Å². The van der Waals surface area contributed by atoms with Gasteiger partial charge in [0, 0.05) is 0 Å². The van der Waals surface area contributed by atoms with Crippen molar-refractivity contribution in [3.63, 3.8) is 0 Å². The molecule has 12 aromatic carbocycles. The van der Waals surface area contributed by atoms with E-state index in [4.69, 9.17) is 12.8 Å². The summed E-state index contributed by atoms with van der Waals surface area (Å²) in [6.45, 7) is 0. The largest absolute Gasteiger partial charge is 1.00 e. The molecule has 0 fully saturated rings. The van der Waals surface area contributed by atoms with Crippen molar-refractivity contribution in [1.82, 2.24) is 0 Å². The Morgan fingerprint density at radius 1 is 0.250 bits per heavy atom. The minimum atomic E-state index is -2.47. The van der Waals surface area contributed by atoms with Gasteiger partial charge in [0.1, 0.15) is 12.3 Å². The molecule has 0 aromatic heterocycles. The van der Waals surface area contributed by atoms with E-state index in [1.807, 2.05) is 24.3 Å². The van der Waals surface area contributed by atoms with Gasteiger partial charge in [-0.05, 0) is 102 Å². The summed E-state index contributed by atoms with van der Waals surface area (Å²) >= 11 is 0. The number of benzene rings is 12. The van der Waals surface area contributed by atoms with E-state index in [1.165, 1.54) is 97.3 Å². The maximum atomic E-state index is 7.99. The van der Waals surface area contributed by atoms with Gasteiger partial charge in [-0.25, -0.2) is 0 Å². The molecule has 0 aliphatic carbocycles. The van der Waals surface area contributed by atoms with Crippen LogP contribution in [-0.2, 0) is 44.8 Å². The van der Waals surface area contributed by atoms with Crippen LogP contribution in [0.2, 0.25) is 0 Å². The van der Waals surface area contributed by atoms with Crippen LogP contribution in [0.15, 0.2) is 328 Å². The fourth-order valence-corrected chi connectivity index (χ4v) is 29.8. The van der Waals surface area contributed by atoms with Gasteiger partial charge >= 0.3 is 44.8 Å². The summed E-state index contributed by atoms with van der Waals surface area (Å²) in [4.78, 5) is 0. The average molecular weight is 1510 g/mol. The number of rotatable bonds is 11. The summed E-state index contributed by atoms with van der Waals surface area (Å²) in [5, 5.41) is 16.9. The Morgan fingerprint density at radius 3 is 0.738 bits per heavy atom. The van der Waals surface area contributed by atoms with Gasteiger partial charge in [0.25, 0.3) is 0 Å². The van der Waals surface area contributed by atoms with Gasteiger partial charge < -0.3 is 12.8 Å². The van der Waals surface area contributed by atoms with Crippen LogP contribution in [0.5, 0.6) is 0 Å². The second-order valence-corrected chi connectivity index (χ2v) is 33.3. The van der Waals surface area contributed by atoms with Crippen molar-refractivity contribution in [1.29, 1.82) is 0 Å². The summed E-state index contributed by atoms with van der Waals surface area (Å²) in [6.07, 6.45) is 18.5. The van der Waals surface area contributed by atoms with Crippen molar-refractivity contribution < 1.29 is 44.8 Å². The van der Waals surface area contributed by atoms with Gasteiger partial charge in [-0.2, -0.15) is 0 Å². The Labute approximate surface area is 532 Å². The van der Waals surface area contributed by atoms with Gasteiger partial charge in [-0.3, -0.25) is 11.8 Å². The summed E-state index contributed by atoms with van der Waals surface area (Å²) in [5.74, 6) is 5.48. The van der Waals surface area contributed by atoms with E-state index in [0.29, 0.717) is 0 Å². The molecule has 0 nitrogen and oxygen atoms in total. The molecule has 12 aromatic rings. The van der Waals surface area contributed by atoms with Gasteiger partial charge in [0.2, 0.25) is 0 Å². The number of hydrogen-bond acceptors (Lipinski definition) is 0. The first-order valence-electron chi connectivity index (χ1n) is 28.1. The van der Waals surface area contributed by atoms with Crippen LogP contribution >= 0.6 is 15.8 Å². The van der Waals surface area contributed by atoms with Crippen LogP contribution in [0, 0.1) is 24.7 Å². The zero-order valence-corrected chi connectivity index (χ0v) is 54.5. The third-order valence-electron chi connectivity index (χ3n) is 16.3. The van der Waals surface area contributed by atoms with E-state index in [1.54, 1.807) is 0 Å². The quantitative estimate of drug-likeness (QED) is 0.0524. The van der Waals surface area contributed by atoms with Crippen LogP contribution < -0.4 is 62.7 Å². The molecule has 2 heterocycles. The Balaban J connectivity index is 0.000000139. The molecule has 0 N–H and O–H groups in total. The maximum Gasteiger partial charge on any atom is 1.00 e. The molecule has 2 aliphatic rings. The molecular weight excluding hydrogens is 1450 g/mol. The van der Waals surface area contributed by atoms with E-state index in [2.05, 4.69) is 315 Å². The Hall–Kier alpha value is -7.47. The molecule has 14 rings (SSSR count). The normalized spacial score (nSPS) is 12.3. The van der Waals surface area contributed by atoms with E-state index in [0.717, 1.165) is 11.1 Å². The predicted molar refractivity (Wildman–Crippen MR) is 361 cm³/mol. The van der Waals surface area contributed by atoms with Crippen LogP contribution in [0.3, 0.4) is 0 Å². The summed E-state index contributed by atoms with van der Waals surface area (Å²) in [5.41, 5.74) is 6.91. The first-order valence-corrected chi connectivity index (χ1v) is 35.5. The fraction of sp³-hybridized carbons (Fsp3) is 0.0256. The first kappa shape index (κ1) is 59.7. The van der Waals surface area contributed by atoms with E-state index < -0.39 is 32.0 Å². The monoisotopic (exact) mass is 1510 g/mol. The molecule has 0 saturated carbocycles. The van der Waals surface area contributed by atoms with Gasteiger partial charge in [-0.1, -0.05) is 267 Å². The van der Waals surface area contributed by atoms with Gasteiger partial charge in [0.05, 0.1) is 37.1 Å². The third-order valence-corrected chi connectivity index (χ3v) is 32.3. The van der Waals surface area contributed by atoms with Crippen LogP contribution in [0.4, 0.5) is 0 Å². The van der Waals surface area contributed by atoms with E-state index in [9.17, 15) is 0 Å². The van der Waals surface area contributed by atoms with Crippen molar-refractivity contribution in [3.05, 3.63) is 352 Å². The van der Waals surface area contributed by atoms with Crippen LogP contribution in [-0.4, -0.2) is 28.5 Å². The molecule has 0 saturated heterocycles. The molecule has 410 valence electrons. The van der Waals surface area contributed by atoms with Crippen molar-refractivity contribution in [3.8, 4) is 34.1 Å². The smallest absolute Gasteiger partial charge is 0.366 e. The van der Waals surface area contributed by atoms with E-state index in [-0.39, 0.29) is 44.8 Å². The van der Waals surface area contributed by atoms with Crippen LogP contribution in [0.1, 0.15) is 11.1 Å². The molecule has 0 amide bonds. The van der Waals surface area contributed by atoms with Crippen LogP contribution in [0.25, 0.3) is 22.3 Å². The third kappa shape index (κ3) is 11.5. The van der Waals surface area contributed by atoms with E-state index >= 15 is 0 Å². The molecule has 0 spiro atoms. The molecule has 0 bridgehead atoms. The minimum absolute atomic E-state index is 0. The second-order valence-electron chi connectivity index (χ2n) is 20.7. The standard InChI is InChI=1S/C26H24P2.2C26H17Si.2Au/c1-5-13-23(14-6-1)27(24-15-7-2-8-16-24)21-22-28(25-17-9-3-10-18-25)26-19-11-4-12-20-26;2*1-2-20-12-11-18-24-23-17-9-10-19-25(23)27(26(20)24,21-13-5-3-6-14-21)22-15-7-4-8-16-22;;/h1-20H,21-22H2;2*3-19H;;/q;2*-1;2*+1/p+2. The second kappa shape index (κ2) is 27.9. The molecular formula is C78H60Au2P2Si2+2. The number of hydrogen-bond donors (Lipinski definition) is 0. The SMILES string of the molecule is [Au+].[Au+].[C-]#Cc1cccc2c1[Si](c1ccccc1)(c1ccccc1)c1ccccc1-2.[C-]#Cc1cccc2c1[Si](c1ccccc1)(c1ccccc1)c1ccccc1-2.c1ccc([PH+](CC[PH+](c2ccccc2)c2ccccc2)c2ccccc2)cc1. The average Bonchev–Trinajstić information content (AvgIpc) is 2.27. The minimum Gasteiger partial charge on any atom is -0.366 e. The summed E-state index contributed by atoms with van der Waals surface area (Å²) in [7, 11) is -6.51. The van der Waals surface area contributed by atoms with Gasteiger partial charge in [-0.15, -0.1) is 33.6 Å². The molecule has 0 atom stereocenters. The number of fused-ring (bicyclic) bond motifs is 6. The first-order chi connectivity index (χ1) is 40.7. The maximum absolute atomic E-state index is 7.99. The topological polar surface area (TPSA) is 0 Å². The Morgan fingerprint density at radius 2 is 0.476 bits per heavy atom. The summed E-state index contributed by atoms with van der Waals surface area (Å²) in [6, 6.07) is 118. The Kier molecular flexibility index (Phi) is 19.9. The van der Waals surface area contributed by atoms with Crippen molar-refractivity contribution >= 4 is 94.7 Å². The zero-order chi connectivity index (χ0) is 55.6. The molecule has 0 unspecified atom stereocenters. The van der Waals surface area contributed by atoms with Crippen molar-refractivity contribution in [2.75, 3.05) is 12.3 Å². The Bertz CT molecular complexity index is 3740. The zero-order valence-electron chi connectivity index (χ0n) is 46.2.